The van der Waals surface area contributed by atoms with Gasteiger partial charge >= 0.3 is 0 Å². The van der Waals surface area contributed by atoms with Crippen molar-refractivity contribution >= 4 is 44.5 Å². The molecule has 1 unspecified atom stereocenters. The van der Waals surface area contributed by atoms with Crippen LogP contribution in [0.3, 0.4) is 0 Å². The third-order valence-corrected chi connectivity index (χ3v) is 4.55. The predicted molar refractivity (Wildman–Crippen MR) is 108 cm³/mol. The Kier molecular flexibility index (Phi) is 7.05. The first-order valence-electron chi connectivity index (χ1n) is 8.43. The van der Waals surface area contributed by atoms with Crippen molar-refractivity contribution in [2.45, 2.75) is 31.9 Å². The lowest BCUT2D eigenvalue weighted by molar-refractivity contribution is 0.0921. The number of aliphatic imine (C=N–C) groups is 1. The van der Waals surface area contributed by atoms with E-state index in [2.05, 4.69) is 4.99 Å². The third kappa shape index (κ3) is 5.44. The average Bonchev–Trinajstić information content (AvgIpc) is 2.92. The van der Waals surface area contributed by atoms with Gasteiger partial charge in [-0.05, 0) is 31.4 Å². The lowest BCUT2D eigenvalue weighted by Gasteiger charge is -2.22. The second kappa shape index (κ2) is 8.91. The fraction of sp³-hybridized carbons (Fsp3) is 0.412. The van der Waals surface area contributed by atoms with Crippen molar-refractivity contribution in [1.82, 2.24) is 4.57 Å². The number of aryl methyl sites for hydroxylation is 1. The van der Waals surface area contributed by atoms with Gasteiger partial charge in [0.05, 0.1) is 17.9 Å². The van der Waals surface area contributed by atoms with Gasteiger partial charge in [0.2, 0.25) is 0 Å². The van der Waals surface area contributed by atoms with Gasteiger partial charge in [0.1, 0.15) is 5.69 Å². The van der Waals surface area contributed by atoms with E-state index in [9.17, 15) is 13.2 Å². The maximum Gasteiger partial charge on any atom is 0.296 e. The number of rotatable bonds is 2. The van der Waals surface area contributed by atoms with Crippen LogP contribution in [0.15, 0.2) is 23.2 Å². The van der Waals surface area contributed by atoms with Crippen LogP contribution >= 0.6 is 11.6 Å². The molecule has 2 heterocycles. The average molecular weight is 431 g/mol. The lowest BCUT2D eigenvalue weighted by Crippen LogP contribution is -2.25. The number of halogens is 1. The minimum absolute atomic E-state index is 0.0188. The van der Waals surface area contributed by atoms with Gasteiger partial charge in [-0.1, -0.05) is 17.7 Å². The number of amides is 1. The fourth-order valence-electron chi connectivity index (χ4n) is 3.22. The summed E-state index contributed by atoms with van der Waals surface area (Å²) in [5.41, 5.74) is 13.1. The maximum atomic E-state index is 12.4. The van der Waals surface area contributed by atoms with Crippen molar-refractivity contribution in [3.05, 3.63) is 34.5 Å². The molecule has 154 valence electrons. The summed E-state index contributed by atoms with van der Waals surface area (Å²) in [6.45, 7) is 0.717. The highest BCUT2D eigenvalue weighted by atomic mass is 35.5. The van der Waals surface area contributed by atoms with Crippen LogP contribution in [0.1, 0.15) is 41.4 Å². The SMILES string of the molecule is COC1CCCCn2c(C(=O)N=C(N)N)cc3c(Cl)ccc1c32.CS(=O)(=O)O. The Morgan fingerprint density at radius 2 is 2.00 bits per heavy atom. The Hall–Kier alpha value is -2.14. The van der Waals surface area contributed by atoms with Crippen molar-refractivity contribution in [1.29, 1.82) is 0 Å². The first-order valence-corrected chi connectivity index (χ1v) is 10.7. The third-order valence-electron chi connectivity index (χ3n) is 4.22. The Balaban J connectivity index is 0.000000500. The molecule has 1 atom stereocenters. The highest BCUT2D eigenvalue weighted by Crippen LogP contribution is 2.37. The zero-order chi connectivity index (χ0) is 21.1. The van der Waals surface area contributed by atoms with Crippen molar-refractivity contribution in [2.24, 2.45) is 16.5 Å². The normalized spacial score (nSPS) is 16.5. The summed E-state index contributed by atoms with van der Waals surface area (Å²) >= 11 is 6.34. The highest BCUT2D eigenvalue weighted by Gasteiger charge is 2.24. The van der Waals surface area contributed by atoms with Crippen LogP contribution in [0.5, 0.6) is 0 Å². The summed E-state index contributed by atoms with van der Waals surface area (Å²) in [5, 5.41) is 1.42. The minimum atomic E-state index is -3.67. The number of aromatic nitrogens is 1. The smallest absolute Gasteiger partial charge is 0.296 e. The van der Waals surface area contributed by atoms with Gasteiger partial charge in [0.15, 0.2) is 5.96 Å². The van der Waals surface area contributed by atoms with Gasteiger partial charge in [0.25, 0.3) is 16.0 Å². The molecule has 1 amide bonds. The topological polar surface area (TPSA) is 150 Å². The van der Waals surface area contributed by atoms with Crippen molar-refractivity contribution in [2.75, 3.05) is 13.4 Å². The molecule has 1 aliphatic rings. The number of guanidine groups is 1. The fourth-order valence-corrected chi connectivity index (χ4v) is 3.42. The minimum Gasteiger partial charge on any atom is -0.377 e. The molecule has 11 heteroatoms. The maximum absolute atomic E-state index is 12.4. The largest absolute Gasteiger partial charge is 0.377 e. The van der Waals surface area contributed by atoms with Crippen LogP contribution < -0.4 is 11.5 Å². The van der Waals surface area contributed by atoms with Crippen molar-refractivity contribution < 1.29 is 22.5 Å². The van der Waals surface area contributed by atoms with Crippen LogP contribution in [-0.2, 0) is 21.4 Å². The monoisotopic (exact) mass is 430 g/mol. The van der Waals surface area contributed by atoms with E-state index in [0.717, 1.165) is 35.7 Å². The van der Waals surface area contributed by atoms with E-state index in [-0.39, 0.29) is 12.1 Å². The molecular weight excluding hydrogens is 408 g/mol. The quantitative estimate of drug-likeness (QED) is 0.375. The summed E-state index contributed by atoms with van der Waals surface area (Å²) in [5.74, 6) is -0.710. The lowest BCUT2D eigenvalue weighted by atomic mass is 9.99. The molecule has 3 rings (SSSR count). The predicted octanol–water partition coefficient (Wildman–Crippen LogP) is 2.08. The van der Waals surface area contributed by atoms with Crippen LogP contribution in [0.2, 0.25) is 5.02 Å². The Labute approximate surface area is 168 Å². The molecule has 0 fully saturated rings. The molecule has 0 saturated heterocycles. The van der Waals surface area contributed by atoms with Gasteiger partial charge < -0.3 is 20.8 Å². The van der Waals surface area contributed by atoms with Gasteiger partial charge in [-0.2, -0.15) is 13.4 Å². The number of hydrogen-bond donors (Lipinski definition) is 3. The Morgan fingerprint density at radius 3 is 2.57 bits per heavy atom. The molecule has 9 nitrogen and oxygen atoms in total. The second-order valence-corrected chi connectivity index (χ2v) is 8.25. The van der Waals surface area contributed by atoms with E-state index in [1.165, 1.54) is 0 Å². The molecule has 5 N–H and O–H groups in total. The zero-order valence-corrected chi connectivity index (χ0v) is 17.1. The molecular formula is C17H23ClN4O5S. The van der Waals surface area contributed by atoms with Crippen LogP contribution in [0.25, 0.3) is 10.9 Å². The number of nitrogens with two attached hydrogens (primary N) is 2. The van der Waals surface area contributed by atoms with Crippen LogP contribution in [0.4, 0.5) is 0 Å². The zero-order valence-electron chi connectivity index (χ0n) is 15.6. The summed E-state index contributed by atoms with van der Waals surface area (Å²) in [4.78, 5) is 16.0. The van der Waals surface area contributed by atoms with Crippen LogP contribution in [0, 0.1) is 0 Å². The number of ether oxygens (including phenoxy) is 1. The molecule has 2 aromatic rings. The van der Waals surface area contributed by atoms with E-state index in [0.29, 0.717) is 23.5 Å². The van der Waals surface area contributed by atoms with E-state index >= 15 is 0 Å². The highest BCUT2D eigenvalue weighted by molar-refractivity contribution is 7.85. The number of benzene rings is 1. The second-order valence-electron chi connectivity index (χ2n) is 6.38. The summed E-state index contributed by atoms with van der Waals surface area (Å²) in [7, 11) is -1.97. The van der Waals surface area contributed by atoms with E-state index in [1.807, 2.05) is 16.7 Å². The van der Waals surface area contributed by atoms with Gasteiger partial charge in [0, 0.05) is 29.6 Å². The molecule has 0 saturated carbocycles. The number of hydrogen-bond acceptors (Lipinski definition) is 4. The molecule has 28 heavy (non-hydrogen) atoms. The van der Waals surface area contributed by atoms with Gasteiger partial charge in [-0.15, -0.1) is 0 Å². The molecule has 0 aliphatic carbocycles. The molecule has 0 spiro atoms. The summed E-state index contributed by atoms with van der Waals surface area (Å²) < 4.78 is 33.5. The van der Waals surface area contributed by atoms with Crippen molar-refractivity contribution in [3.63, 3.8) is 0 Å². The Morgan fingerprint density at radius 1 is 1.36 bits per heavy atom. The van der Waals surface area contributed by atoms with Gasteiger partial charge in [-0.25, -0.2) is 0 Å². The number of nitrogens with zero attached hydrogens (tertiary/aromatic N) is 2. The molecule has 1 aliphatic heterocycles. The summed E-state index contributed by atoms with van der Waals surface area (Å²) in [6, 6.07) is 5.56. The first-order chi connectivity index (χ1) is 13.0. The molecule has 0 radical (unpaired) electrons. The summed E-state index contributed by atoms with van der Waals surface area (Å²) in [6.07, 6.45) is 3.59. The molecule has 1 aromatic heterocycles. The number of methoxy groups -OCH3 is 1. The van der Waals surface area contributed by atoms with E-state index in [4.69, 9.17) is 32.4 Å². The van der Waals surface area contributed by atoms with Crippen LogP contribution in [-0.4, -0.2) is 42.8 Å². The molecule has 1 aromatic carbocycles. The van der Waals surface area contributed by atoms with E-state index < -0.39 is 16.0 Å². The molecule has 0 bridgehead atoms. The Bertz CT molecular complexity index is 1000. The van der Waals surface area contributed by atoms with Crippen molar-refractivity contribution in [3.8, 4) is 0 Å². The standard InChI is InChI=1S/C16H19ClN4O2.CH4O3S/c1-23-13-4-2-3-7-21-12(15(22)20-16(18)19)8-10-11(17)6-5-9(13)14(10)21;1-5(2,3)4/h5-6,8,13H,2-4,7H2,1H3,(H4,18,19,20,22);1H3,(H,2,3,4). The first kappa shape index (κ1) is 22.2. The van der Waals surface area contributed by atoms with E-state index in [1.54, 1.807) is 13.2 Å². The number of carbonyl (C=O) groups is 1. The van der Waals surface area contributed by atoms with Gasteiger partial charge in [-0.3, -0.25) is 9.35 Å². The number of carbonyl (C=O) groups excluding carboxylic acids is 1.